The SMILES string of the molecule is COc1ccc(C(CN2CCOCC2)NC(=O)C(C#N)c2nc3ccccc3nc2N2CCCCCC2)cc1. The van der Waals surface area contributed by atoms with E-state index in [1.54, 1.807) is 7.11 Å². The van der Waals surface area contributed by atoms with Crippen molar-refractivity contribution >= 4 is 22.8 Å². The van der Waals surface area contributed by atoms with E-state index in [2.05, 4.69) is 21.2 Å². The lowest BCUT2D eigenvalue weighted by molar-refractivity contribution is -0.122. The van der Waals surface area contributed by atoms with E-state index in [0.29, 0.717) is 36.8 Å². The van der Waals surface area contributed by atoms with Crippen LogP contribution in [0.1, 0.15) is 48.9 Å². The minimum absolute atomic E-state index is 0.313. The molecule has 1 amide bonds. The van der Waals surface area contributed by atoms with Gasteiger partial charge in [0.25, 0.3) is 0 Å². The second-order valence-corrected chi connectivity index (χ2v) is 10.1. The summed E-state index contributed by atoms with van der Waals surface area (Å²) in [5.41, 5.74) is 2.82. The largest absolute Gasteiger partial charge is 0.497 e. The van der Waals surface area contributed by atoms with Crippen LogP contribution in [0.2, 0.25) is 0 Å². The van der Waals surface area contributed by atoms with E-state index < -0.39 is 5.92 Å². The summed E-state index contributed by atoms with van der Waals surface area (Å²) in [5, 5.41) is 13.5. The number of benzene rings is 2. The Morgan fingerprint density at radius 1 is 1.00 bits per heavy atom. The van der Waals surface area contributed by atoms with Crippen molar-refractivity contribution in [2.24, 2.45) is 0 Å². The zero-order valence-electron chi connectivity index (χ0n) is 22.5. The van der Waals surface area contributed by atoms with E-state index in [-0.39, 0.29) is 11.9 Å². The highest BCUT2D eigenvalue weighted by atomic mass is 16.5. The van der Waals surface area contributed by atoms with E-state index in [4.69, 9.17) is 19.4 Å². The van der Waals surface area contributed by atoms with E-state index >= 15 is 0 Å². The van der Waals surface area contributed by atoms with Crippen molar-refractivity contribution in [2.45, 2.75) is 37.6 Å². The highest BCUT2D eigenvalue weighted by Gasteiger charge is 2.31. The van der Waals surface area contributed by atoms with Crippen molar-refractivity contribution in [1.29, 1.82) is 5.26 Å². The van der Waals surface area contributed by atoms with Crippen LogP contribution in [0.5, 0.6) is 5.75 Å². The molecule has 0 bridgehead atoms. The van der Waals surface area contributed by atoms with Gasteiger partial charge in [0, 0.05) is 32.7 Å². The highest BCUT2D eigenvalue weighted by molar-refractivity contribution is 5.89. The number of fused-ring (bicyclic) bond motifs is 1. The predicted octanol–water partition coefficient (Wildman–Crippen LogP) is 3.82. The van der Waals surface area contributed by atoms with Gasteiger partial charge in [0.1, 0.15) is 11.4 Å². The maximum absolute atomic E-state index is 13.9. The van der Waals surface area contributed by atoms with Gasteiger partial charge in [-0.2, -0.15) is 5.26 Å². The van der Waals surface area contributed by atoms with Crippen LogP contribution in [0.25, 0.3) is 11.0 Å². The molecule has 0 radical (unpaired) electrons. The predicted molar refractivity (Wildman–Crippen MR) is 150 cm³/mol. The lowest BCUT2D eigenvalue weighted by Gasteiger charge is -2.31. The molecule has 2 aliphatic heterocycles. The van der Waals surface area contributed by atoms with Crippen LogP contribution in [0.4, 0.5) is 5.82 Å². The van der Waals surface area contributed by atoms with E-state index in [0.717, 1.165) is 55.9 Å². The number of carbonyl (C=O) groups excluding carboxylic acids is 1. The van der Waals surface area contributed by atoms with E-state index in [1.165, 1.54) is 12.8 Å². The minimum atomic E-state index is -1.09. The van der Waals surface area contributed by atoms with Crippen molar-refractivity contribution in [3.63, 3.8) is 0 Å². The first-order valence-electron chi connectivity index (χ1n) is 13.8. The Morgan fingerprint density at radius 2 is 1.67 bits per heavy atom. The van der Waals surface area contributed by atoms with Crippen LogP contribution < -0.4 is 15.0 Å². The molecule has 0 saturated carbocycles. The minimum Gasteiger partial charge on any atom is -0.497 e. The fourth-order valence-corrected chi connectivity index (χ4v) is 5.32. The molecule has 9 nitrogen and oxygen atoms in total. The highest BCUT2D eigenvalue weighted by Crippen LogP contribution is 2.30. The molecule has 2 unspecified atom stereocenters. The van der Waals surface area contributed by atoms with Crippen molar-refractivity contribution in [3.8, 4) is 11.8 Å². The average Bonchev–Trinajstić information content (AvgIpc) is 3.27. The number of hydrogen-bond acceptors (Lipinski definition) is 8. The van der Waals surface area contributed by atoms with Crippen LogP contribution in [0.3, 0.4) is 0 Å². The number of amides is 1. The second-order valence-electron chi connectivity index (χ2n) is 10.1. The van der Waals surface area contributed by atoms with Gasteiger partial charge in [-0.15, -0.1) is 0 Å². The molecule has 2 aromatic carbocycles. The maximum Gasteiger partial charge on any atom is 0.244 e. The van der Waals surface area contributed by atoms with Gasteiger partial charge >= 0.3 is 0 Å². The fraction of sp³-hybridized carbons (Fsp3) is 0.467. The summed E-state index contributed by atoms with van der Waals surface area (Å²) in [5.74, 6) is -0.0665. The molecule has 3 heterocycles. The zero-order valence-corrected chi connectivity index (χ0v) is 22.5. The number of carbonyl (C=O) groups is 1. The Kier molecular flexibility index (Phi) is 8.86. The summed E-state index contributed by atoms with van der Waals surface area (Å²) < 4.78 is 10.8. The normalized spacial score (nSPS) is 18.1. The number of methoxy groups -OCH3 is 1. The van der Waals surface area contributed by atoms with Crippen LogP contribution in [0, 0.1) is 11.3 Å². The van der Waals surface area contributed by atoms with Crippen molar-refractivity contribution in [1.82, 2.24) is 20.2 Å². The van der Waals surface area contributed by atoms with Gasteiger partial charge in [0.05, 0.1) is 43.5 Å². The van der Waals surface area contributed by atoms with Gasteiger partial charge in [-0.1, -0.05) is 37.1 Å². The molecule has 2 fully saturated rings. The summed E-state index contributed by atoms with van der Waals surface area (Å²) in [6, 6.07) is 17.3. The summed E-state index contributed by atoms with van der Waals surface area (Å²) >= 11 is 0. The average molecular weight is 529 g/mol. The Labute approximate surface area is 229 Å². The van der Waals surface area contributed by atoms with E-state index in [1.807, 2.05) is 48.5 Å². The summed E-state index contributed by atoms with van der Waals surface area (Å²) in [6.07, 6.45) is 4.44. The molecule has 5 rings (SSSR count). The first-order valence-corrected chi connectivity index (χ1v) is 13.8. The zero-order chi connectivity index (χ0) is 27.0. The third-order valence-electron chi connectivity index (χ3n) is 7.53. The lowest BCUT2D eigenvalue weighted by atomic mass is 10.0. The standard InChI is InChI=1S/C30H36N6O3/c1-38-23-12-10-22(11-13-23)27(21-35-16-18-39-19-17-35)34-30(37)24(20-31)28-29(36-14-6-2-3-7-15-36)33-26-9-5-4-8-25(26)32-28/h4-5,8-13,24,27H,2-3,6-7,14-19,21H2,1H3,(H,34,37). The van der Waals surface area contributed by atoms with Crippen LogP contribution >= 0.6 is 0 Å². The van der Waals surface area contributed by atoms with Crippen molar-refractivity contribution < 1.29 is 14.3 Å². The molecule has 2 saturated heterocycles. The number of aromatic nitrogens is 2. The lowest BCUT2D eigenvalue weighted by Crippen LogP contribution is -2.44. The maximum atomic E-state index is 13.9. The number of ether oxygens (including phenoxy) is 2. The third kappa shape index (κ3) is 6.47. The van der Waals surface area contributed by atoms with E-state index in [9.17, 15) is 10.1 Å². The molecular formula is C30H36N6O3. The van der Waals surface area contributed by atoms with Gasteiger partial charge in [-0.3, -0.25) is 9.69 Å². The Hall–Kier alpha value is -3.74. The number of morpholine rings is 1. The number of nitrogens with one attached hydrogen (secondary N) is 1. The Morgan fingerprint density at radius 3 is 2.31 bits per heavy atom. The topological polar surface area (TPSA) is 104 Å². The number of para-hydroxylation sites is 2. The molecule has 39 heavy (non-hydrogen) atoms. The Bertz CT molecular complexity index is 1290. The van der Waals surface area contributed by atoms with Crippen molar-refractivity contribution in [2.75, 3.05) is 57.9 Å². The number of nitrogens with zero attached hydrogens (tertiary/aromatic N) is 5. The second kappa shape index (κ2) is 12.9. The summed E-state index contributed by atoms with van der Waals surface area (Å²) in [4.78, 5) is 28.2. The Balaban J connectivity index is 1.47. The van der Waals surface area contributed by atoms with Gasteiger partial charge in [0.2, 0.25) is 5.91 Å². The van der Waals surface area contributed by atoms with Gasteiger partial charge in [-0.25, -0.2) is 9.97 Å². The third-order valence-corrected chi connectivity index (χ3v) is 7.53. The molecule has 204 valence electrons. The van der Waals surface area contributed by atoms with Crippen molar-refractivity contribution in [3.05, 3.63) is 59.8 Å². The molecule has 0 aliphatic carbocycles. The van der Waals surface area contributed by atoms with Gasteiger partial charge in [-0.05, 0) is 42.7 Å². The van der Waals surface area contributed by atoms with Crippen LogP contribution in [0.15, 0.2) is 48.5 Å². The quantitative estimate of drug-likeness (QED) is 0.471. The van der Waals surface area contributed by atoms with Crippen LogP contribution in [-0.2, 0) is 9.53 Å². The fourth-order valence-electron chi connectivity index (χ4n) is 5.32. The molecule has 0 spiro atoms. The van der Waals surface area contributed by atoms with Crippen LogP contribution in [-0.4, -0.2) is 73.8 Å². The van der Waals surface area contributed by atoms with Gasteiger partial charge < -0.3 is 19.7 Å². The molecule has 1 aromatic heterocycles. The number of nitriles is 1. The summed E-state index contributed by atoms with van der Waals surface area (Å²) in [6.45, 7) is 5.20. The first kappa shape index (κ1) is 26.9. The van der Waals surface area contributed by atoms with Gasteiger partial charge in [0.15, 0.2) is 11.7 Å². The molecule has 3 aromatic rings. The molecule has 2 aliphatic rings. The molecule has 9 heteroatoms. The molecular weight excluding hydrogens is 492 g/mol. The molecule has 2 atom stereocenters. The number of hydrogen-bond donors (Lipinski definition) is 1. The molecule has 1 N–H and O–H groups in total. The first-order chi connectivity index (χ1) is 19.2. The summed E-state index contributed by atoms with van der Waals surface area (Å²) in [7, 11) is 1.63. The number of rotatable bonds is 8. The monoisotopic (exact) mass is 528 g/mol. The number of anilines is 1. The smallest absolute Gasteiger partial charge is 0.244 e.